The summed E-state index contributed by atoms with van der Waals surface area (Å²) in [6.07, 6.45) is 0. The van der Waals surface area contributed by atoms with Crippen molar-refractivity contribution in [2.45, 2.75) is 37.7 Å². The fourth-order valence-electron chi connectivity index (χ4n) is 2.81. The second-order valence-corrected chi connectivity index (χ2v) is 8.76. The Morgan fingerprint density at radius 2 is 2.00 bits per heavy atom. The lowest BCUT2D eigenvalue weighted by molar-refractivity contribution is 0.0930. The molecule has 1 N–H and O–H groups in total. The zero-order valence-corrected chi connectivity index (χ0v) is 18.6. The molecule has 0 bridgehead atoms. The Morgan fingerprint density at radius 3 is 2.72 bits per heavy atom. The molecule has 1 aromatic heterocycles. The number of hydrogen-bond acceptors (Lipinski definition) is 6. The Morgan fingerprint density at radius 1 is 1.24 bits per heavy atom. The maximum absolute atomic E-state index is 12.5. The normalized spacial score (nSPS) is 15.4. The van der Waals surface area contributed by atoms with Gasteiger partial charge in [0.15, 0.2) is 5.16 Å². The molecule has 3 rings (SSSR count). The summed E-state index contributed by atoms with van der Waals surface area (Å²) in [6, 6.07) is 9.58. The minimum absolute atomic E-state index is 0.0494. The van der Waals surface area contributed by atoms with Crippen LogP contribution in [0.3, 0.4) is 0 Å². The molecular formula is C21H27ClN4O2S. The van der Waals surface area contributed by atoms with Crippen molar-refractivity contribution in [1.29, 1.82) is 0 Å². The predicted molar refractivity (Wildman–Crippen MR) is 118 cm³/mol. The van der Waals surface area contributed by atoms with Gasteiger partial charge in [-0.15, -0.1) is 0 Å². The molecule has 1 saturated heterocycles. The molecule has 1 amide bonds. The molecule has 1 atom stereocenters. The first kappa shape index (κ1) is 21.9. The third-order valence-electron chi connectivity index (χ3n) is 4.91. The monoisotopic (exact) mass is 434 g/mol. The van der Waals surface area contributed by atoms with Crippen molar-refractivity contribution in [2.75, 3.05) is 31.2 Å². The van der Waals surface area contributed by atoms with Gasteiger partial charge in [-0.2, -0.15) is 0 Å². The molecule has 0 radical (unpaired) electrons. The van der Waals surface area contributed by atoms with E-state index in [1.165, 1.54) is 11.8 Å². The molecule has 1 aromatic carbocycles. The van der Waals surface area contributed by atoms with Crippen LogP contribution < -0.4 is 10.2 Å². The van der Waals surface area contributed by atoms with Gasteiger partial charge in [-0.1, -0.05) is 49.3 Å². The van der Waals surface area contributed by atoms with Crippen molar-refractivity contribution >= 4 is 35.1 Å². The Kier molecular flexibility index (Phi) is 7.75. The van der Waals surface area contributed by atoms with E-state index in [0.29, 0.717) is 40.8 Å². The van der Waals surface area contributed by atoms with Crippen LogP contribution in [0.1, 0.15) is 36.7 Å². The van der Waals surface area contributed by atoms with Crippen LogP contribution in [0.2, 0.25) is 5.15 Å². The number of rotatable bonds is 7. The van der Waals surface area contributed by atoms with Gasteiger partial charge in [0, 0.05) is 36.5 Å². The van der Waals surface area contributed by atoms with Gasteiger partial charge >= 0.3 is 0 Å². The zero-order chi connectivity index (χ0) is 20.8. The third-order valence-corrected chi connectivity index (χ3v) is 6.02. The Hall–Kier alpha value is -1.83. The number of thioether (sulfide) groups is 1. The molecule has 1 unspecified atom stereocenters. The maximum Gasteiger partial charge on any atom is 0.251 e. The van der Waals surface area contributed by atoms with E-state index in [1.807, 2.05) is 31.2 Å². The highest BCUT2D eigenvalue weighted by Gasteiger charge is 2.16. The van der Waals surface area contributed by atoms with E-state index in [0.717, 1.165) is 24.5 Å². The smallest absolute Gasteiger partial charge is 0.251 e. The van der Waals surface area contributed by atoms with Crippen molar-refractivity contribution in [3.63, 3.8) is 0 Å². The molecule has 1 aliphatic heterocycles. The summed E-state index contributed by atoms with van der Waals surface area (Å²) in [5.41, 5.74) is 1.70. The van der Waals surface area contributed by atoms with Crippen LogP contribution in [-0.2, 0) is 10.5 Å². The summed E-state index contributed by atoms with van der Waals surface area (Å²) in [4.78, 5) is 23.6. The number of halogens is 1. The number of carbonyl (C=O) groups excluding carboxylic acids is 1. The molecule has 2 heterocycles. The second kappa shape index (κ2) is 10.3. The highest BCUT2D eigenvalue weighted by molar-refractivity contribution is 7.98. The van der Waals surface area contributed by atoms with E-state index < -0.39 is 0 Å². The topological polar surface area (TPSA) is 67.4 Å². The van der Waals surface area contributed by atoms with Gasteiger partial charge in [0.2, 0.25) is 0 Å². The van der Waals surface area contributed by atoms with Crippen molar-refractivity contribution in [3.8, 4) is 0 Å². The van der Waals surface area contributed by atoms with E-state index in [2.05, 4.69) is 34.0 Å². The van der Waals surface area contributed by atoms with Crippen molar-refractivity contribution in [1.82, 2.24) is 15.3 Å². The van der Waals surface area contributed by atoms with E-state index in [9.17, 15) is 4.79 Å². The van der Waals surface area contributed by atoms with E-state index in [1.54, 1.807) is 6.07 Å². The molecule has 29 heavy (non-hydrogen) atoms. The minimum atomic E-state index is -0.0494. The minimum Gasteiger partial charge on any atom is -0.378 e. The summed E-state index contributed by atoms with van der Waals surface area (Å²) in [6.45, 7) is 9.17. The SMILES string of the molecule is CC(C)C(C)NC(=O)c1cccc(CSc2nc(Cl)cc(N3CCOCC3)n2)c1. The number of benzene rings is 1. The number of hydrogen-bond donors (Lipinski definition) is 1. The first-order chi connectivity index (χ1) is 13.9. The molecule has 8 heteroatoms. The standard InChI is InChI=1S/C21H27ClN4O2S/c1-14(2)15(3)23-20(27)17-6-4-5-16(11-17)13-29-21-24-18(22)12-19(25-21)26-7-9-28-10-8-26/h4-6,11-12,14-15H,7-10,13H2,1-3H3,(H,23,27). The third kappa shape index (κ3) is 6.32. The molecule has 0 aliphatic carbocycles. The molecule has 156 valence electrons. The number of aromatic nitrogens is 2. The van der Waals surface area contributed by atoms with Crippen LogP contribution in [0.15, 0.2) is 35.5 Å². The average molecular weight is 435 g/mol. The van der Waals surface area contributed by atoms with E-state index >= 15 is 0 Å². The number of nitrogens with zero attached hydrogens (tertiary/aromatic N) is 3. The molecule has 6 nitrogen and oxygen atoms in total. The van der Waals surface area contributed by atoms with E-state index in [-0.39, 0.29) is 11.9 Å². The van der Waals surface area contributed by atoms with Crippen molar-refractivity contribution < 1.29 is 9.53 Å². The summed E-state index contributed by atoms with van der Waals surface area (Å²) in [5, 5.41) is 4.10. The van der Waals surface area contributed by atoms with Crippen LogP contribution >= 0.6 is 23.4 Å². The molecule has 2 aromatic rings. The first-order valence-corrected chi connectivity index (χ1v) is 11.2. The number of nitrogens with one attached hydrogen (secondary N) is 1. The van der Waals surface area contributed by atoms with Gasteiger partial charge in [0.25, 0.3) is 5.91 Å². The number of carbonyl (C=O) groups is 1. The van der Waals surface area contributed by atoms with Crippen molar-refractivity contribution in [2.24, 2.45) is 5.92 Å². The van der Waals surface area contributed by atoms with Crippen LogP contribution in [0.25, 0.3) is 0 Å². The summed E-state index contributed by atoms with van der Waals surface area (Å²) < 4.78 is 5.40. The van der Waals surface area contributed by atoms with Gasteiger partial charge in [-0.05, 0) is 30.5 Å². The van der Waals surface area contributed by atoms with E-state index in [4.69, 9.17) is 16.3 Å². The fraction of sp³-hybridized carbons (Fsp3) is 0.476. The maximum atomic E-state index is 12.5. The molecule has 1 fully saturated rings. The number of amides is 1. The largest absolute Gasteiger partial charge is 0.378 e. The zero-order valence-electron chi connectivity index (χ0n) is 17.0. The van der Waals surface area contributed by atoms with Gasteiger partial charge in [-0.25, -0.2) is 9.97 Å². The molecule has 0 spiro atoms. The first-order valence-electron chi connectivity index (χ1n) is 9.82. The molecular weight excluding hydrogens is 408 g/mol. The number of morpholine rings is 1. The fourth-order valence-corrected chi connectivity index (χ4v) is 3.84. The van der Waals surface area contributed by atoms with Crippen LogP contribution in [0.5, 0.6) is 0 Å². The number of ether oxygens (including phenoxy) is 1. The van der Waals surface area contributed by atoms with Gasteiger partial charge < -0.3 is 15.0 Å². The highest BCUT2D eigenvalue weighted by atomic mass is 35.5. The summed E-state index contributed by atoms with van der Waals surface area (Å²) in [7, 11) is 0. The molecule has 0 saturated carbocycles. The molecule has 1 aliphatic rings. The van der Waals surface area contributed by atoms with Crippen LogP contribution in [0, 0.1) is 5.92 Å². The lowest BCUT2D eigenvalue weighted by Crippen LogP contribution is -2.36. The highest BCUT2D eigenvalue weighted by Crippen LogP contribution is 2.25. The van der Waals surface area contributed by atoms with Gasteiger partial charge in [0.1, 0.15) is 11.0 Å². The Balaban J connectivity index is 1.65. The average Bonchev–Trinajstić information content (AvgIpc) is 2.72. The summed E-state index contributed by atoms with van der Waals surface area (Å²) in [5.74, 6) is 1.82. The quantitative estimate of drug-likeness (QED) is 0.403. The Bertz CT molecular complexity index is 843. The van der Waals surface area contributed by atoms with Gasteiger partial charge in [-0.3, -0.25) is 4.79 Å². The lowest BCUT2D eigenvalue weighted by Gasteiger charge is -2.27. The van der Waals surface area contributed by atoms with Crippen LogP contribution in [-0.4, -0.2) is 48.2 Å². The second-order valence-electron chi connectivity index (χ2n) is 7.43. The lowest BCUT2D eigenvalue weighted by atomic mass is 10.1. The Labute approximate surface area is 181 Å². The number of anilines is 1. The van der Waals surface area contributed by atoms with Gasteiger partial charge in [0.05, 0.1) is 13.2 Å². The summed E-state index contributed by atoms with van der Waals surface area (Å²) >= 11 is 7.73. The predicted octanol–water partition coefficient (Wildman–Crippen LogP) is 4.03. The van der Waals surface area contributed by atoms with Crippen molar-refractivity contribution in [3.05, 3.63) is 46.6 Å². The van der Waals surface area contributed by atoms with Crippen LogP contribution in [0.4, 0.5) is 5.82 Å².